The van der Waals surface area contributed by atoms with Crippen LogP contribution in [0.2, 0.25) is 0 Å². The number of rotatable bonds is 2. The summed E-state index contributed by atoms with van der Waals surface area (Å²) in [6.07, 6.45) is 4.46. The summed E-state index contributed by atoms with van der Waals surface area (Å²) < 4.78 is 0. The van der Waals surface area contributed by atoms with Crippen molar-refractivity contribution in [3.05, 3.63) is 24.0 Å². The highest BCUT2D eigenvalue weighted by Gasteiger charge is 2.06. The molecule has 0 atom stereocenters. The Hall–Kier alpha value is -1.78. The maximum Gasteiger partial charge on any atom is 0.206 e. The van der Waals surface area contributed by atoms with Crippen molar-refractivity contribution < 1.29 is 0 Å². The first-order chi connectivity index (χ1) is 6.42. The Labute approximate surface area is 75.2 Å². The van der Waals surface area contributed by atoms with Gasteiger partial charge in [0.15, 0.2) is 0 Å². The molecule has 0 saturated heterocycles. The van der Waals surface area contributed by atoms with Gasteiger partial charge in [0, 0.05) is 18.0 Å². The van der Waals surface area contributed by atoms with Gasteiger partial charge in [0.25, 0.3) is 0 Å². The molecule has 0 aliphatic carbocycles. The van der Waals surface area contributed by atoms with Crippen LogP contribution in [0.1, 0.15) is 12.5 Å². The van der Waals surface area contributed by atoms with Gasteiger partial charge >= 0.3 is 0 Å². The lowest BCUT2D eigenvalue weighted by Crippen LogP contribution is -1.90. The van der Waals surface area contributed by atoms with E-state index in [1.807, 2.05) is 6.07 Å². The minimum absolute atomic E-state index is 0.602. The molecular formula is C8H9N5. The molecule has 0 aromatic carbocycles. The molecule has 0 amide bonds. The smallest absolute Gasteiger partial charge is 0.206 e. The van der Waals surface area contributed by atoms with Gasteiger partial charge in [0.05, 0.1) is 0 Å². The summed E-state index contributed by atoms with van der Waals surface area (Å²) in [6, 6.07) is 1.96. The van der Waals surface area contributed by atoms with E-state index in [0.717, 1.165) is 12.0 Å². The summed E-state index contributed by atoms with van der Waals surface area (Å²) in [7, 11) is 0. The highest BCUT2D eigenvalue weighted by molar-refractivity contribution is 5.57. The zero-order chi connectivity index (χ0) is 9.10. The third kappa shape index (κ3) is 1.40. The fourth-order valence-corrected chi connectivity index (χ4v) is 1.21. The largest absolute Gasteiger partial charge is 0.264 e. The van der Waals surface area contributed by atoms with E-state index in [-0.39, 0.29) is 0 Å². The molecule has 2 heterocycles. The van der Waals surface area contributed by atoms with Crippen LogP contribution in [0.15, 0.2) is 18.5 Å². The second-order valence-electron chi connectivity index (χ2n) is 2.62. The molecule has 5 heteroatoms. The first-order valence-corrected chi connectivity index (χ1v) is 4.08. The number of H-pyrrole nitrogens is 1. The normalized spacial score (nSPS) is 10.2. The Morgan fingerprint density at radius 1 is 1.46 bits per heavy atom. The Morgan fingerprint density at radius 2 is 2.38 bits per heavy atom. The fraction of sp³-hybridized carbons (Fsp3) is 0.250. The average Bonchev–Trinajstić information content (AvgIpc) is 2.70. The minimum atomic E-state index is 0.602. The third-order valence-corrected chi connectivity index (χ3v) is 1.88. The third-order valence-electron chi connectivity index (χ3n) is 1.88. The summed E-state index contributed by atoms with van der Waals surface area (Å²) in [5.41, 5.74) is 2.12. The van der Waals surface area contributed by atoms with Crippen LogP contribution in [0.5, 0.6) is 0 Å². The summed E-state index contributed by atoms with van der Waals surface area (Å²) in [5, 5.41) is 13.7. The van der Waals surface area contributed by atoms with Gasteiger partial charge in [-0.05, 0) is 23.3 Å². The van der Waals surface area contributed by atoms with Gasteiger partial charge in [0.1, 0.15) is 0 Å². The minimum Gasteiger partial charge on any atom is -0.264 e. The highest BCUT2D eigenvalue weighted by Crippen LogP contribution is 2.17. The zero-order valence-electron chi connectivity index (χ0n) is 7.23. The maximum absolute atomic E-state index is 4.03. The number of tetrazole rings is 1. The number of nitrogens with zero attached hydrogens (tertiary/aromatic N) is 4. The van der Waals surface area contributed by atoms with E-state index in [1.54, 1.807) is 12.4 Å². The molecule has 0 fully saturated rings. The molecule has 1 N–H and O–H groups in total. The van der Waals surface area contributed by atoms with Gasteiger partial charge in [-0.1, -0.05) is 6.92 Å². The zero-order valence-corrected chi connectivity index (χ0v) is 7.23. The number of pyridine rings is 1. The van der Waals surface area contributed by atoms with E-state index >= 15 is 0 Å². The molecule has 0 unspecified atom stereocenters. The standard InChI is InChI=1S/C8H9N5/c1-2-6-3-4-9-5-7(6)8-10-12-13-11-8/h3-5H,2H2,1H3,(H,10,11,12,13). The van der Waals surface area contributed by atoms with Crippen molar-refractivity contribution in [2.75, 3.05) is 0 Å². The molecule has 0 bridgehead atoms. The molecule has 13 heavy (non-hydrogen) atoms. The lowest BCUT2D eigenvalue weighted by molar-refractivity contribution is 0.881. The number of aromatic amines is 1. The van der Waals surface area contributed by atoms with E-state index in [0.29, 0.717) is 5.82 Å². The average molecular weight is 175 g/mol. The van der Waals surface area contributed by atoms with Crippen LogP contribution in [0, 0.1) is 0 Å². The highest BCUT2D eigenvalue weighted by atomic mass is 15.5. The predicted octanol–water partition coefficient (Wildman–Crippen LogP) is 0.824. The van der Waals surface area contributed by atoms with Gasteiger partial charge < -0.3 is 0 Å². The van der Waals surface area contributed by atoms with Crippen LogP contribution in [0.25, 0.3) is 11.4 Å². The lowest BCUT2D eigenvalue weighted by Gasteiger charge is -2.00. The summed E-state index contributed by atoms with van der Waals surface area (Å²) in [6.45, 7) is 2.08. The topological polar surface area (TPSA) is 67.3 Å². The van der Waals surface area contributed by atoms with Gasteiger partial charge in [-0.15, -0.1) is 10.2 Å². The van der Waals surface area contributed by atoms with Gasteiger partial charge in [-0.2, -0.15) is 5.21 Å². The molecule has 0 spiro atoms. The van der Waals surface area contributed by atoms with Crippen molar-refractivity contribution in [1.82, 2.24) is 25.6 Å². The van der Waals surface area contributed by atoms with Crippen molar-refractivity contribution in [3.8, 4) is 11.4 Å². The van der Waals surface area contributed by atoms with Crippen LogP contribution < -0.4 is 0 Å². The Bertz CT molecular complexity index is 381. The molecule has 66 valence electrons. The van der Waals surface area contributed by atoms with Crippen LogP contribution >= 0.6 is 0 Å². The molecule has 0 saturated carbocycles. The summed E-state index contributed by atoms with van der Waals surface area (Å²) in [5.74, 6) is 0.602. The second kappa shape index (κ2) is 3.30. The SMILES string of the molecule is CCc1ccncc1-c1nn[nH]n1. The molecule has 0 radical (unpaired) electrons. The molecule has 2 aromatic heterocycles. The number of hydrogen-bond donors (Lipinski definition) is 1. The lowest BCUT2D eigenvalue weighted by atomic mass is 10.1. The predicted molar refractivity (Wildman–Crippen MR) is 46.8 cm³/mol. The maximum atomic E-state index is 4.03. The fourth-order valence-electron chi connectivity index (χ4n) is 1.21. The van der Waals surface area contributed by atoms with E-state index in [1.165, 1.54) is 5.56 Å². The first kappa shape index (κ1) is 7.85. The van der Waals surface area contributed by atoms with E-state index in [9.17, 15) is 0 Å². The van der Waals surface area contributed by atoms with Crippen molar-refractivity contribution in [2.45, 2.75) is 13.3 Å². The molecule has 2 aromatic rings. The monoisotopic (exact) mass is 175 g/mol. The van der Waals surface area contributed by atoms with Crippen LogP contribution in [-0.4, -0.2) is 25.6 Å². The van der Waals surface area contributed by atoms with Crippen LogP contribution in [-0.2, 0) is 6.42 Å². The molecular weight excluding hydrogens is 166 g/mol. The number of nitrogens with one attached hydrogen (secondary N) is 1. The van der Waals surface area contributed by atoms with E-state index in [2.05, 4.69) is 32.5 Å². The Morgan fingerprint density at radius 3 is 3.08 bits per heavy atom. The molecule has 0 aliphatic heterocycles. The van der Waals surface area contributed by atoms with Gasteiger partial charge in [0.2, 0.25) is 5.82 Å². The first-order valence-electron chi connectivity index (χ1n) is 4.08. The van der Waals surface area contributed by atoms with Crippen molar-refractivity contribution in [3.63, 3.8) is 0 Å². The summed E-state index contributed by atoms with van der Waals surface area (Å²) >= 11 is 0. The van der Waals surface area contributed by atoms with Crippen molar-refractivity contribution >= 4 is 0 Å². The number of hydrogen-bond acceptors (Lipinski definition) is 4. The van der Waals surface area contributed by atoms with Gasteiger partial charge in [-0.25, -0.2) is 0 Å². The van der Waals surface area contributed by atoms with Crippen LogP contribution in [0.3, 0.4) is 0 Å². The van der Waals surface area contributed by atoms with Crippen LogP contribution in [0.4, 0.5) is 0 Å². The quantitative estimate of drug-likeness (QED) is 0.733. The van der Waals surface area contributed by atoms with Gasteiger partial charge in [-0.3, -0.25) is 4.98 Å². The van der Waals surface area contributed by atoms with E-state index in [4.69, 9.17) is 0 Å². The van der Waals surface area contributed by atoms with Crippen molar-refractivity contribution in [2.24, 2.45) is 0 Å². The summed E-state index contributed by atoms with van der Waals surface area (Å²) in [4.78, 5) is 4.03. The molecule has 5 nitrogen and oxygen atoms in total. The van der Waals surface area contributed by atoms with Crippen molar-refractivity contribution in [1.29, 1.82) is 0 Å². The number of aryl methyl sites for hydroxylation is 1. The second-order valence-corrected chi connectivity index (χ2v) is 2.62. The number of aromatic nitrogens is 5. The Balaban J connectivity index is 2.51. The Kier molecular flexibility index (Phi) is 1.99. The molecule has 0 aliphatic rings. The van der Waals surface area contributed by atoms with E-state index < -0.39 is 0 Å². The molecule has 2 rings (SSSR count).